The third-order valence-electron chi connectivity index (χ3n) is 9.09. The van der Waals surface area contributed by atoms with E-state index in [4.69, 9.17) is 9.47 Å². The maximum absolute atomic E-state index is 13.7. The Balaban J connectivity index is 1.33. The van der Waals surface area contributed by atoms with E-state index in [1.165, 1.54) is 0 Å². The van der Waals surface area contributed by atoms with E-state index >= 15 is 0 Å². The van der Waals surface area contributed by atoms with Gasteiger partial charge in [-0.25, -0.2) is 4.79 Å². The highest BCUT2D eigenvalue weighted by atomic mass is 16.6. The molecule has 0 bridgehead atoms. The number of nitrogens with one attached hydrogen (secondary N) is 1. The molecule has 3 aliphatic rings. The molecule has 4 atom stereocenters. The number of hydrogen-bond donors (Lipinski definition) is 1. The summed E-state index contributed by atoms with van der Waals surface area (Å²) in [6.07, 6.45) is 2.78. The molecule has 0 radical (unpaired) electrons. The first-order valence-corrected chi connectivity index (χ1v) is 14.1. The smallest absolute Gasteiger partial charge is 0.416 e. The van der Waals surface area contributed by atoms with Gasteiger partial charge in [0.15, 0.2) is 0 Å². The highest BCUT2D eigenvalue weighted by Crippen LogP contribution is 2.49. The molecule has 1 saturated heterocycles. The molecule has 0 aromatic heterocycles. The van der Waals surface area contributed by atoms with Crippen LogP contribution in [0.3, 0.4) is 0 Å². The fourth-order valence-electron chi connectivity index (χ4n) is 7.11. The maximum Gasteiger partial charge on any atom is 0.416 e. The van der Waals surface area contributed by atoms with Crippen molar-refractivity contribution < 1.29 is 19.1 Å². The molecule has 2 aliphatic heterocycles. The van der Waals surface area contributed by atoms with Crippen molar-refractivity contribution in [3.8, 4) is 11.5 Å². The summed E-state index contributed by atoms with van der Waals surface area (Å²) in [6, 6.07) is 23.6. The van der Waals surface area contributed by atoms with Gasteiger partial charge < -0.3 is 19.7 Å². The summed E-state index contributed by atoms with van der Waals surface area (Å²) >= 11 is 0. The summed E-state index contributed by atoms with van der Waals surface area (Å²) < 4.78 is 11.7. The van der Waals surface area contributed by atoms with E-state index in [1.807, 2.05) is 80.4 Å². The summed E-state index contributed by atoms with van der Waals surface area (Å²) in [4.78, 5) is 30.4. The Bertz CT molecular complexity index is 1410. The van der Waals surface area contributed by atoms with Crippen LogP contribution in [0, 0.1) is 5.92 Å². The molecular formula is C33H37N3O4. The summed E-state index contributed by atoms with van der Waals surface area (Å²) in [5.41, 5.74) is 3.40. The molecule has 2 heterocycles. The second-order valence-electron chi connectivity index (χ2n) is 11.7. The summed E-state index contributed by atoms with van der Waals surface area (Å²) in [5.74, 6) is 1.69. The standard InChI is InChI=1S/C33H37N3O4/c1-33(2)25-18-22(28(39-4)19-27(25)35(3)31(33)37)20-34-29-24-16-11-17-26(24)36(30(29)21-12-7-5-8-13-21)32(38)40-23-14-9-6-10-15-23/h5-10,12-15,18-19,24,26,29-30,34H,11,16-17,20H2,1-4H3. The van der Waals surface area contributed by atoms with Crippen LogP contribution in [0.5, 0.6) is 11.5 Å². The number of benzene rings is 3. The van der Waals surface area contributed by atoms with Crippen molar-refractivity contribution in [2.75, 3.05) is 19.1 Å². The van der Waals surface area contributed by atoms with Crippen LogP contribution in [0.15, 0.2) is 72.8 Å². The van der Waals surface area contributed by atoms with Crippen molar-refractivity contribution >= 4 is 17.7 Å². The number of amides is 2. The lowest BCUT2D eigenvalue weighted by Gasteiger charge is -2.31. The van der Waals surface area contributed by atoms with Crippen molar-refractivity contribution in [1.82, 2.24) is 10.2 Å². The van der Waals surface area contributed by atoms with Crippen molar-refractivity contribution in [2.24, 2.45) is 5.92 Å². The van der Waals surface area contributed by atoms with E-state index in [2.05, 4.69) is 23.5 Å². The molecule has 40 heavy (non-hydrogen) atoms. The van der Waals surface area contributed by atoms with E-state index in [1.54, 1.807) is 12.0 Å². The van der Waals surface area contributed by atoms with E-state index in [-0.39, 0.29) is 30.1 Å². The van der Waals surface area contributed by atoms with Gasteiger partial charge in [0.2, 0.25) is 5.91 Å². The predicted octanol–water partition coefficient (Wildman–Crippen LogP) is 5.83. The first-order valence-electron chi connectivity index (χ1n) is 14.1. The Hall–Kier alpha value is -3.84. The van der Waals surface area contributed by atoms with Gasteiger partial charge in [-0.05, 0) is 61.9 Å². The lowest BCUT2D eigenvalue weighted by atomic mass is 9.85. The molecule has 6 rings (SSSR count). The van der Waals surface area contributed by atoms with E-state index < -0.39 is 5.41 Å². The molecule has 4 unspecified atom stereocenters. The number of para-hydroxylation sites is 1. The molecule has 7 nitrogen and oxygen atoms in total. The predicted molar refractivity (Wildman–Crippen MR) is 155 cm³/mol. The number of ether oxygens (including phenoxy) is 2. The Labute approximate surface area is 236 Å². The second-order valence-corrected chi connectivity index (χ2v) is 11.7. The van der Waals surface area contributed by atoms with Gasteiger partial charge >= 0.3 is 6.09 Å². The second kappa shape index (κ2) is 10.3. The van der Waals surface area contributed by atoms with Crippen molar-refractivity contribution in [1.29, 1.82) is 0 Å². The van der Waals surface area contributed by atoms with Crippen molar-refractivity contribution in [3.05, 3.63) is 89.5 Å². The van der Waals surface area contributed by atoms with Crippen LogP contribution in [0.4, 0.5) is 10.5 Å². The summed E-state index contributed by atoms with van der Waals surface area (Å²) in [7, 11) is 3.49. The van der Waals surface area contributed by atoms with Gasteiger partial charge in [0.25, 0.3) is 0 Å². The van der Waals surface area contributed by atoms with Crippen LogP contribution >= 0.6 is 0 Å². The number of fused-ring (bicyclic) bond motifs is 2. The molecule has 1 saturated carbocycles. The minimum atomic E-state index is -0.598. The zero-order chi connectivity index (χ0) is 28.0. The Morgan fingerprint density at radius 2 is 1.73 bits per heavy atom. The SMILES string of the molecule is COc1cc2c(cc1CNC1C3CCCC3N(C(=O)Oc3ccccc3)C1c1ccccc1)C(C)(C)C(=O)N2C. The fourth-order valence-corrected chi connectivity index (χ4v) is 7.11. The molecule has 208 valence electrons. The topological polar surface area (TPSA) is 71.1 Å². The largest absolute Gasteiger partial charge is 0.496 e. The van der Waals surface area contributed by atoms with Gasteiger partial charge in [-0.1, -0.05) is 55.0 Å². The highest BCUT2D eigenvalue weighted by Gasteiger charge is 2.53. The van der Waals surface area contributed by atoms with Gasteiger partial charge in [-0.2, -0.15) is 0 Å². The molecule has 2 amide bonds. The molecule has 1 aliphatic carbocycles. The van der Waals surface area contributed by atoms with Crippen LogP contribution < -0.4 is 19.7 Å². The average molecular weight is 540 g/mol. The zero-order valence-corrected chi connectivity index (χ0v) is 23.6. The number of rotatable bonds is 6. The van der Waals surface area contributed by atoms with E-state index in [9.17, 15) is 9.59 Å². The third-order valence-corrected chi connectivity index (χ3v) is 9.09. The number of likely N-dealkylation sites (N-methyl/N-ethyl adjacent to an activating group) is 1. The first-order chi connectivity index (χ1) is 19.3. The summed E-state index contributed by atoms with van der Waals surface area (Å²) in [5, 5.41) is 3.85. The van der Waals surface area contributed by atoms with Gasteiger partial charge in [-0.15, -0.1) is 0 Å². The zero-order valence-electron chi connectivity index (χ0n) is 23.6. The van der Waals surface area contributed by atoms with Crippen molar-refractivity contribution in [2.45, 2.75) is 63.2 Å². The lowest BCUT2D eigenvalue weighted by molar-refractivity contribution is -0.121. The third kappa shape index (κ3) is 4.33. The average Bonchev–Trinajstić information content (AvgIpc) is 3.60. The van der Waals surface area contributed by atoms with Crippen LogP contribution in [-0.2, 0) is 16.8 Å². The molecule has 3 aromatic rings. The first kappa shape index (κ1) is 26.4. The van der Waals surface area contributed by atoms with Gasteiger partial charge in [0.05, 0.1) is 24.3 Å². The van der Waals surface area contributed by atoms with E-state index in [0.717, 1.165) is 47.4 Å². The van der Waals surface area contributed by atoms with Crippen LogP contribution in [-0.4, -0.2) is 43.1 Å². The van der Waals surface area contributed by atoms with Crippen LogP contribution in [0.25, 0.3) is 0 Å². The Kier molecular flexibility index (Phi) is 6.78. The number of nitrogens with zero attached hydrogens (tertiary/aromatic N) is 2. The molecule has 1 N–H and O–H groups in total. The van der Waals surface area contributed by atoms with Gasteiger partial charge in [0, 0.05) is 37.3 Å². The lowest BCUT2D eigenvalue weighted by Crippen LogP contribution is -2.42. The number of carbonyl (C=O) groups is 2. The number of hydrogen-bond acceptors (Lipinski definition) is 5. The van der Waals surface area contributed by atoms with Crippen molar-refractivity contribution in [3.63, 3.8) is 0 Å². The number of anilines is 1. The van der Waals surface area contributed by atoms with E-state index in [0.29, 0.717) is 18.2 Å². The number of carbonyl (C=O) groups excluding carboxylic acids is 2. The number of likely N-dealkylation sites (tertiary alicyclic amines) is 1. The maximum atomic E-state index is 13.7. The Morgan fingerprint density at radius 1 is 1.02 bits per heavy atom. The molecule has 2 fully saturated rings. The van der Waals surface area contributed by atoms with Crippen LogP contribution in [0.1, 0.15) is 55.8 Å². The van der Waals surface area contributed by atoms with Gasteiger partial charge in [0.1, 0.15) is 11.5 Å². The summed E-state index contributed by atoms with van der Waals surface area (Å²) in [6.45, 7) is 4.51. The highest BCUT2D eigenvalue weighted by molar-refractivity contribution is 6.07. The number of methoxy groups -OCH3 is 1. The fraction of sp³-hybridized carbons (Fsp3) is 0.394. The monoisotopic (exact) mass is 539 g/mol. The molecule has 0 spiro atoms. The minimum Gasteiger partial charge on any atom is -0.496 e. The van der Waals surface area contributed by atoms with Gasteiger partial charge in [-0.3, -0.25) is 9.69 Å². The molecule has 7 heteroatoms. The molecule has 3 aromatic carbocycles. The molecular weight excluding hydrogens is 502 g/mol. The quantitative estimate of drug-likeness (QED) is 0.427. The van der Waals surface area contributed by atoms with Crippen LogP contribution in [0.2, 0.25) is 0 Å². The Morgan fingerprint density at radius 3 is 2.42 bits per heavy atom. The normalized spacial score (nSPS) is 24.6. The minimum absolute atomic E-state index is 0.0356.